The Morgan fingerprint density at radius 1 is 1.08 bits per heavy atom. The van der Waals surface area contributed by atoms with Gasteiger partial charge in [-0.25, -0.2) is 15.0 Å². The molecular weight excluding hydrogens is 340 g/mol. The predicted octanol–water partition coefficient (Wildman–Crippen LogP) is 3.06. The molecule has 0 aromatic carbocycles. The Hall–Kier alpha value is -1.80. The first kappa shape index (κ1) is 14.5. The van der Waals surface area contributed by atoms with Crippen LogP contribution in [-0.4, -0.2) is 45.5 Å². The van der Waals surface area contributed by atoms with Crippen molar-refractivity contribution < 1.29 is 0 Å². The summed E-state index contributed by atoms with van der Waals surface area (Å²) >= 11 is 3.28. The molecule has 5 rings (SSSR count). The number of fused-ring (bicyclic) bond motifs is 1. The third-order valence-electron chi connectivity index (χ3n) is 4.65. The van der Waals surface area contributed by atoms with Crippen molar-refractivity contribution >= 4 is 44.0 Å². The first-order chi connectivity index (χ1) is 11.8. The van der Waals surface area contributed by atoms with E-state index in [0.717, 1.165) is 47.8 Å². The largest absolute Gasteiger partial charge is 0.352 e. The lowest BCUT2D eigenvalue weighted by Gasteiger charge is -2.35. The van der Waals surface area contributed by atoms with Gasteiger partial charge in [0.1, 0.15) is 22.8 Å². The molecule has 1 aliphatic heterocycles. The zero-order chi connectivity index (χ0) is 16.1. The van der Waals surface area contributed by atoms with Gasteiger partial charge in [-0.2, -0.15) is 4.37 Å². The summed E-state index contributed by atoms with van der Waals surface area (Å²) in [5, 5.41) is 2.26. The van der Waals surface area contributed by atoms with Crippen molar-refractivity contribution in [2.45, 2.75) is 25.7 Å². The quantitative estimate of drug-likeness (QED) is 0.717. The highest BCUT2D eigenvalue weighted by molar-refractivity contribution is 7.18. The summed E-state index contributed by atoms with van der Waals surface area (Å²) in [6, 6.07) is 2.20. The maximum Gasteiger partial charge on any atom is 0.205 e. The molecule has 1 saturated carbocycles. The van der Waals surface area contributed by atoms with Crippen LogP contribution in [0.5, 0.6) is 0 Å². The van der Waals surface area contributed by atoms with Crippen LogP contribution in [-0.2, 0) is 0 Å². The molecule has 1 saturated heterocycles. The van der Waals surface area contributed by atoms with E-state index in [4.69, 9.17) is 4.98 Å². The Bertz CT molecular complexity index is 876. The number of rotatable bonds is 3. The molecule has 0 bridgehead atoms. The number of aryl methyl sites for hydroxylation is 1. The molecule has 3 aromatic heterocycles. The van der Waals surface area contributed by atoms with Gasteiger partial charge in [-0.1, -0.05) is 0 Å². The Kier molecular flexibility index (Phi) is 3.41. The Morgan fingerprint density at radius 2 is 1.88 bits per heavy atom. The Labute approximate surface area is 148 Å². The van der Waals surface area contributed by atoms with E-state index in [2.05, 4.69) is 37.1 Å². The minimum absolute atomic E-state index is 0.632. The van der Waals surface area contributed by atoms with Gasteiger partial charge in [-0.3, -0.25) is 0 Å². The van der Waals surface area contributed by atoms with E-state index in [1.165, 1.54) is 23.1 Å². The predicted molar refractivity (Wildman–Crippen MR) is 98.5 cm³/mol. The van der Waals surface area contributed by atoms with Crippen LogP contribution in [0.1, 0.15) is 29.5 Å². The van der Waals surface area contributed by atoms with Crippen LogP contribution in [0.2, 0.25) is 0 Å². The summed E-state index contributed by atoms with van der Waals surface area (Å²) < 4.78 is 4.53. The number of anilines is 2. The molecule has 3 aromatic rings. The molecule has 0 N–H and O–H groups in total. The summed E-state index contributed by atoms with van der Waals surface area (Å²) in [7, 11) is 0. The zero-order valence-electron chi connectivity index (χ0n) is 13.5. The molecule has 0 radical (unpaired) electrons. The van der Waals surface area contributed by atoms with Crippen LogP contribution >= 0.6 is 22.9 Å². The minimum Gasteiger partial charge on any atom is -0.352 e. The van der Waals surface area contributed by atoms with Crippen LogP contribution in [0.3, 0.4) is 0 Å². The molecule has 0 amide bonds. The SMILES string of the molecule is Cc1cc2c(N3CCN(c4nc(C5CC5)ns4)CC3)ncnc2s1. The van der Waals surface area contributed by atoms with Crippen molar-refractivity contribution in [2.24, 2.45) is 0 Å². The normalized spacial score (nSPS) is 18.5. The van der Waals surface area contributed by atoms with Gasteiger partial charge in [0.05, 0.1) is 5.39 Å². The number of piperazine rings is 1. The maximum absolute atomic E-state index is 4.74. The van der Waals surface area contributed by atoms with Gasteiger partial charge in [0, 0.05) is 48.5 Å². The number of aromatic nitrogens is 4. The van der Waals surface area contributed by atoms with Crippen molar-refractivity contribution in [3.63, 3.8) is 0 Å². The third kappa shape index (κ3) is 2.53. The number of nitrogens with zero attached hydrogens (tertiary/aromatic N) is 6. The molecule has 0 spiro atoms. The van der Waals surface area contributed by atoms with Gasteiger partial charge in [0.2, 0.25) is 5.13 Å². The van der Waals surface area contributed by atoms with Gasteiger partial charge >= 0.3 is 0 Å². The molecule has 1 aliphatic carbocycles. The van der Waals surface area contributed by atoms with E-state index >= 15 is 0 Å². The van der Waals surface area contributed by atoms with Crippen molar-refractivity contribution in [2.75, 3.05) is 36.0 Å². The van der Waals surface area contributed by atoms with Crippen LogP contribution in [0.15, 0.2) is 12.4 Å². The lowest BCUT2D eigenvalue weighted by atomic mass is 10.2. The highest BCUT2D eigenvalue weighted by Crippen LogP contribution is 2.40. The molecule has 2 aliphatic rings. The maximum atomic E-state index is 4.74. The number of hydrogen-bond donors (Lipinski definition) is 0. The molecular formula is C16H18N6S2. The lowest BCUT2D eigenvalue weighted by molar-refractivity contribution is 0.646. The van der Waals surface area contributed by atoms with E-state index in [1.54, 1.807) is 29.2 Å². The standard InChI is InChI=1S/C16H18N6S2/c1-10-8-12-14(17-9-18-15(12)23-10)21-4-6-22(7-5-21)16-19-13(20-24-16)11-2-3-11/h8-9,11H,2-7H2,1H3. The fourth-order valence-corrected chi connectivity index (χ4v) is 4.83. The van der Waals surface area contributed by atoms with E-state index in [1.807, 2.05) is 0 Å². The van der Waals surface area contributed by atoms with E-state index in [9.17, 15) is 0 Å². The second-order valence-corrected chi connectivity index (χ2v) is 8.42. The average Bonchev–Trinajstić information content (AvgIpc) is 3.20. The fourth-order valence-electron chi connectivity index (χ4n) is 3.19. The van der Waals surface area contributed by atoms with Crippen LogP contribution in [0.25, 0.3) is 10.2 Å². The first-order valence-corrected chi connectivity index (χ1v) is 9.91. The molecule has 4 heterocycles. The molecule has 0 unspecified atom stereocenters. The fraction of sp³-hybridized carbons (Fsp3) is 0.500. The second-order valence-electron chi connectivity index (χ2n) is 6.46. The van der Waals surface area contributed by atoms with E-state index < -0.39 is 0 Å². The molecule has 0 atom stereocenters. The lowest BCUT2D eigenvalue weighted by Crippen LogP contribution is -2.46. The Morgan fingerprint density at radius 3 is 2.67 bits per heavy atom. The molecule has 8 heteroatoms. The van der Waals surface area contributed by atoms with Crippen molar-refractivity contribution in [3.05, 3.63) is 23.1 Å². The highest BCUT2D eigenvalue weighted by atomic mass is 32.1. The van der Waals surface area contributed by atoms with Gasteiger partial charge in [0.25, 0.3) is 0 Å². The van der Waals surface area contributed by atoms with Crippen LogP contribution < -0.4 is 9.80 Å². The first-order valence-electron chi connectivity index (χ1n) is 8.32. The minimum atomic E-state index is 0.632. The number of thiophene rings is 1. The topological polar surface area (TPSA) is 58.0 Å². The van der Waals surface area contributed by atoms with Gasteiger partial charge in [-0.15, -0.1) is 11.3 Å². The Balaban J connectivity index is 1.33. The third-order valence-corrected chi connectivity index (χ3v) is 6.40. The smallest absolute Gasteiger partial charge is 0.205 e. The van der Waals surface area contributed by atoms with Gasteiger partial charge < -0.3 is 9.80 Å². The van der Waals surface area contributed by atoms with E-state index in [-0.39, 0.29) is 0 Å². The van der Waals surface area contributed by atoms with Crippen molar-refractivity contribution in [1.29, 1.82) is 0 Å². The van der Waals surface area contributed by atoms with Crippen molar-refractivity contribution in [3.8, 4) is 0 Å². The molecule has 124 valence electrons. The molecule has 6 nitrogen and oxygen atoms in total. The molecule has 2 fully saturated rings. The summed E-state index contributed by atoms with van der Waals surface area (Å²) in [6.07, 6.45) is 4.20. The average molecular weight is 358 g/mol. The highest BCUT2D eigenvalue weighted by Gasteiger charge is 2.29. The molecule has 24 heavy (non-hydrogen) atoms. The van der Waals surface area contributed by atoms with E-state index in [0.29, 0.717) is 5.92 Å². The summed E-state index contributed by atoms with van der Waals surface area (Å²) in [5.41, 5.74) is 0. The van der Waals surface area contributed by atoms with Crippen molar-refractivity contribution in [1.82, 2.24) is 19.3 Å². The van der Waals surface area contributed by atoms with Gasteiger partial charge in [0.15, 0.2) is 0 Å². The summed E-state index contributed by atoms with van der Waals surface area (Å²) in [6.45, 7) is 5.97. The van der Waals surface area contributed by atoms with Crippen LogP contribution in [0.4, 0.5) is 10.9 Å². The van der Waals surface area contributed by atoms with Gasteiger partial charge in [-0.05, 0) is 25.8 Å². The monoisotopic (exact) mass is 358 g/mol. The second kappa shape index (κ2) is 5.63. The summed E-state index contributed by atoms with van der Waals surface area (Å²) in [5.74, 6) is 2.76. The zero-order valence-corrected chi connectivity index (χ0v) is 15.1. The van der Waals surface area contributed by atoms with Crippen LogP contribution in [0, 0.1) is 6.92 Å². The summed E-state index contributed by atoms with van der Waals surface area (Å²) in [4.78, 5) is 20.8. The number of hydrogen-bond acceptors (Lipinski definition) is 8.